The topological polar surface area (TPSA) is 69.4 Å². The Morgan fingerprint density at radius 1 is 1.08 bits per heavy atom. The van der Waals surface area contributed by atoms with Crippen molar-refractivity contribution < 1.29 is 13.2 Å². The van der Waals surface area contributed by atoms with E-state index in [2.05, 4.69) is 0 Å². The van der Waals surface area contributed by atoms with Gasteiger partial charge in [0.05, 0.1) is 22.3 Å². The van der Waals surface area contributed by atoms with Crippen LogP contribution in [-0.4, -0.2) is 32.4 Å². The van der Waals surface area contributed by atoms with Crippen LogP contribution in [0.1, 0.15) is 24.0 Å². The number of ether oxygens (including phenoxy) is 1. The molecule has 3 atom stereocenters. The van der Waals surface area contributed by atoms with Gasteiger partial charge in [0.15, 0.2) is 9.84 Å². The molecule has 2 aromatic carbocycles. The van der Waals surface area contributed by atoms with Crippen LogP contribution in [0.5, 0.6) is 0 Å². The summed E-state index contributed by atoms with van der Waals surface area (Å²) in [7, 11) is -3.52. The van der Waals surface area contributed by atoms with Gasteiger partial charge in [-0.05, 0) is 31.5 Å². The fourth-order valence-corrected chi connectivity index (χ4v) is 5.65. The number of benzene rings is 2. The number of hydrogen-bond acceptors (Lipinski definition) is 4. The Bertz CT molecular complexity index is 802. The zero-order valence-corrected chi connectivity index (χ0v) is 14.8. The third kappa shape index (κ3) is 2.88. The van der Waals surface area contributed by atoms with Crippen LogP contribution in [0.4, 0.5) is 0 Å². The Morgan fingerprint density at radius 2 is 1.71 bits per heavy atom. The molecule has 0 unspecified atom stereocenters. The van der Waals surface area contributed by atoms with Gasteiger partial charge in [-0.25, -0.2) is 8.42 Å². The lowest BCUT2D eigenvalue weighted by Gasteiger charge is -2.12. The van der Waals surface area contributed by atoms with Crippen molar-refractivity contribution in [3.8, 4) is 0 Å². The zero-order chi connectivity index (χ0) is 17.4. The summed E-state index contributed by atoms with van der Waals surface area (Å²) in [5, 5.41) is -0.665. The molecule has 0 saturated heterocycles. The van der Waals surface area contributed by atoms with Gasteiger partial charge in [0.2, 0.25) is 0 Å². The average molecular weight is 345 g/mol. The SMILES string of the molecule is CCOC[C@@]1(N)[C@H](S(=O)(=O)c2ccc(C)cc2)[C@@H]1c1ccccc1. The van der Waals surface area contributed by atoms with Crippen LogP contribution < -0.4 is 5.73 Å². The van der Waals surface area contributed by atoms with Crippen molar-refractivity contribution in [2.75, 3.05) is 13.2 Å². The number of rotatable bonds is 6. The maximum Gasteiger partial charge on any atom is 0.183 e. The molecule has 128 valence electrons. The van der Waals surface area contributed by atoms with E-state index in [1.165, 1.54) is 0 Å². The van der Waals surface area contributed by atoms with Crippen LogP contribution >= 0.6 is 0 Å². The molecule has 24 heavy (non-hydrogen) atoms. The Hall–Kier alpha value is -1.69. The highest BCUT2D eigenvalue weighted by Gasteiger charge is 2.69. The first-order chi connectivity index (χ1) is 11.4. The van der Waals surface area contributed by atoms with Crippen molar-refractivity contribution in [1.82, 2.24) is 0 Å². The van der Waals surface area contributed by atoms with Gasteiger partial charge in [0.25, 0.3) is 0 Å². The van der Waals surface area contributed by atoms with Crippen molar-refractivity contribution in [2.24, 2.45) is 5.73 Å². The molecule has 1 saturated carbocycles. The Balaban J connectivity index is 1.99. The van der Waals surface area contributed by atoms with Crippen LogP contribution in [0.2, 0.25) is 0 Å². The molecule has 0 aliphatic heterocycles. The van der Waals surface area contributed by atoms with Crippen molar-refractivity contribution in [3.63, 3.8) is 0 Å². The van der Waals surface area contributed by atoms with E-state index < -0.39 is 20.6 Å². The van der Waals surface area contributed by atoms with E-state index in [4.69, 9.17) is 10.5 Å². The average Bonchev–Trinajstić information content (AvgIpc) is 3.21. The largest absolute Gasteiger partial charge is 0.380 e. The summed E-state index contributed by atoms with van der Waals surface area (Å²) in [5.74, 6) is -0.253. The molecule has 2 N–H and O–H groups in total. The second-order valence-corrected chi connectivity index (χ2v) is 8.49. The molecule has 1 aliphatic rings. The molecule has 0 amide bonds. The van der Waals surface area contributed by atoms with Crippen LogP contribution in [-0.2, 0) is 14.6 Å². The number of aryl methyl sites for hydroxylation is 1. The number of nitrogens with two attached hydrogens (primary N) is 1. The second-order valence-electron chi connectivity index (χ2n) is 6.42. The van der Waals surface area contributed by atoms with E-state index in [1.54, 1.807) is 12.1 Å². The maximum absolute atomic E-state index is 13.1. The summed E-state index contributed by atoms with van der Waals surface area (Å²) in [6.45, 7) is 4.56. The van der Waals surface area contributed by atoms with Gasteiger partial charge >= 0.3 is 0 Å². The molecule has 0 aromatic heterocycles. The van der Waals surface area contributed by atoms with Gasteiger partial charge < -0.3 is 10.5 Å². The van der Waals surface area contributed by atoms with Crippen molar-refractivity contribution in [3.05, 3.63) is 65.7 Å². The van der Waals surface area contributed by atoms with E-state index >= 15 is 0 Å². The van der Waals surface area contributed by atoms with Crippen LogP contribution in [0.3, 0.4) is 0 Å². The van der Waals surface area contributed by atoms with Gasteiger partial charge in [0, 0.05) is 12.5 Å². The summed E-state index contributed by atoms with van der Waals surface area (Å²) in [6.07, 6.45) is 0. The Morgan fingerprint density at radius 3 is 2.29 bits per heavy atom. The van der Waals surface area contributed by atoms with Gasteiger partial charge in [-0.2, -0.15) is 0 Å². The van der Waals surface area contributed by atoms with Crippen LogP contribution in [0.15, 0.2) is 59.5 Å². The normalized spacial score (nSPS) is 26.3. The summed E-state index contributed by atoms with van der Waals surface area (Å²) >= 11 is 0. The molecule has 1 aliphatic carbocycles. The quantitative estimate of drug-likeness (QED) is 0.874. The predicted octanol–water partition coefficient (Wildman–Crippen LogP) is 2.67. The summed E-state index contributed by atoms with van der Waals surface area (Å²) in [5.41, 5.74) is 7.58. The van der Waals surface area contributed by atoms with Gasteiger partial charge in [-0.1, -0.05) is 48.0 Å². The lowest BCUT2D eigenvalue weighted by atomic mass is 10.1. The van der Waals surface area contributed by atoms with Crippen LogP contribution in [0.25, 0.3) is 0 Å². The lowest BCUT2D eigenvalue weighted by Crippen LogP contribution is -2.36. The lowest BCUT2D eigenvalue weighted by molar-refractivity contribution is 0.125. The molecule has 4 nitrogen and oxygen atoms in total. The molecular weight excluding hydrogens is 322 g/mol. The highest BCUT2D eigenvalue weighted by atomic mass is 32.2. The Labute approximate surface area is 143 Å². The number of hydrogen-bond donors (Lipinski definition) is 1. The minimum Gasteiger partial charge on any atom is -0.380 e. The monoisotopic (exact) mass is 345 g/mol. The molecule has 2 aromatic rings. The first-order valence-corrected chi connectivity index (χ1v) is 9.68. The summed E-state index contributed by atoms with van der Waals surface area (Å²) < 4.78 is 31.8. The summed E-state index contributed by atoms with van der Waals surface area (Å²) in [6, 6.07) is 16.5. The second kappa shape index (κ2) is 6.31. The first kappa shape index (κ1) is 17.1. The fourth-order valence-electron chi connectivity index (χ4n) is 3.36. The van der Waals surface area contributed by atoms with E-state index in [0.717, 1.165) is 11.1 Å². The minimum absolute atomic E-state index is 0.235. The van der Waals surface area contributed by atoms with Gasteiger partial charge in [-0.15, -0.1) is 0 Å². The molecular formula is C19H23NO3S. The zero-order valence-electron chi connectivity index (χ0n) is 14.0. The molecule has 5 heteroatoms. The van der Waals surface area contributed by atoms with Crippen molar-refractivity contribution >= 4 is 9.84 Å². The van der Waals surface area contributed by atoms with Crippen molar-refractivity contribution in [1.29, 1.82) is 0 Å². The molecule has 0 radical (unpaired) electrons. The van der Waals surface area contributed by atoms with E-state index in [1.807, 2.05) is 56.3 Å². The molecule has 3 rings (SSSR count). The minimum atomic E-state index is -3.52. The van der Waals surface area contributed by atoms with Crippen LogP contribution in [0, 0.1) is 6.92 Å². The summed E-state index contributed by atoms with van der Waals surface area (Å²) in [4.78, 5) is 0.322. The molecule has 0 spiro atoms. The molecule has 0 heterocycles. The van der Waals surface area contributed by atoms with Gasteiger partial charge in [-0.3, -0.25) is 0 Å². The third-order valence-electron chi connectivity index (χ3n) is 4.70. The number of sulfone groups is 1. The molecule has 1 fully saturated rings. The smallest absolute Gasteiger partial charge is 0.183 e. The highest BCUT2D eigenvalue weighted by molar-refractivity contribution is 7.92. The maximum atomic E-state index is 13.1. The van der Waals surface area contributed by atoms with E-state index in [9.17, 15) is 8.42 Å². The first-order valence-electron chi connectivity index (χ1n) is 8.13. The van der Waals surface area contributed by atoms with Crippen molar-refractivity contribution in [2.45, 2.75) is 35.4 Å². The Kier molecular flexibility index (Phi) is 4.51. The molecule has 0 bridgehead atoms. The fraction of sp³-hybridized carbons (Fsp3) is 0.368. The van der Waals surface area contributed by atoms with Gasteiger partial charge in [0.1, 0.15) is 0 Å². The third-order valence-corrected chi connectivity index (χ3v) is 7.01. The van der Waals surface area contributed by atoms with E-state index in [0.29, 0.717) is 11.5 Å². The standard InChI is InChI=1S/C19H23NO3S/c1-3-23-13-19(20)17(15-7-5-4-6-8-15)18(19)24(21,22)16-11-9-14(2)10-12-16/h4-12,17-18H,3,13,20H2,1-2H3/t17-,18+,19-/m0/s1. The highest BCUT2D eigenvalue weighted by Crippen LogP contribution is 2.55. The van der Waals surface area contributed by atoms with E-state index in [-0.39, 0.29) is 12.5 Å². The predicted molar refractivity (Wildman–Crippen MR) is 94.7 cm³/mol.